The van der Waals surface area contributed by atoms with Gasteiger partial charge in [-0.15, -0.1) is 0 Å². The van der Waals surface area contributed by atoms with Crippen molar-refractivity contribution in [1.82, 2.24) is 15.1 Å². The van der Waals surface area contributed by atoms with E-state index >= 15 is 0 Å². The Hall–Kier alpha value is -3.52. The van der Waals surface area contributed by atoms with Crippen molar-refractivity contribution in [2.75, 3.05) is 13.7 Å². The highest BCUT2D eigenvalue weighted by Crippen LogP contribution is 2.21. The first-order chi connectivity index (χ1) is 15.1. The summed E-state index contributed by atoms with van der Waals surface area (Å²) in [4.78, 5) is 37.9. The van der Waals surface area contributed by atoms with Crippen LogP contribution in [0.2, 0.25) is 5.02 Å². The fourth-order valence-electron chi connectivity index (χ4n) is 2.95. The average molecular weight is 458 g/mol. The van der Waals surface area contributed by atoms with E-state index in [1.807, 2.05) is 0 Å². The Morgan fingerprint density at radius 1 is 1.16 bits per heavy atom. The van der Waals surface area contributed by atoms with Gasteiger partial charge in [-0.05, 0) is 50.2 Å². The summed E-state index contributed by atoms with van der Waals surface area (Å²) in [6.45, 7) is 3.15. The molecule has 0 spiro atoms. The molecule has 2 aromatic carbocycles. The normalized spacial score (nSPS) is 11.2. The van der Waals surface area contributed by atoms with Gasteiger partial charge in [-0.3, -0.25) is 14.4 Å². The van der Waals surface area contributed by atoms with Crippen LogP contribution in [-0.4, -0.2) is 35.3 Å². The molecule has 0 saturated carbocycles. The van der Waals surface area contributed by atoms with E-state index in [0.29, 0.717) is 16.3 Å². The number of halogens is 2. The second-order valence-corrected chi connectivity index (χ2v) is 8.14. The van der Waals surface area contributed by atoms with E-state index in [0.717, 1.165) is 10.7 Å². The first-order valence-electron chi connectivity index (χ1n) is 9.65. The number of esters is 1. The Morgan fingerprint density at radius 3 is 2.47 bits per heavy atom. The zero-order valence-corrected chi connectivity index (χ0v) is 18.4. The van der Waals surface area contributed by atoms with Crippen molar-refractivity contribution >= 4 is 23.5 Å². The Kier molecular flexibility index (Phi) is 6.74. The summed E-state index contributed by atoms with van der Waals surface area (Å²) in [5.74, 6) is -1.76. The van der Waals surface area contributed by atoms with E-state index in [-0.39, 0.29) is 17.8 Å². The van der Waals surface area contributed by atoms with E-state index in [9.17, 15) is 18.8 Å². The summed E-state index contributed by atoms with van der Waals surface area (Å²) >= 11 is 5.95. The van der Waals surface area contributed by atoms with Gasteiger partial charge in [0.15, 0.2) is 0 Å². The molecule has 3 aromatic rings. The number of ether oxygens (including phenoxy) is 1. The van der Waals surface area contributed by atoms with Crippen molar-refractivity contribution in [3.8, 4) is 16.9 Å². The fourth-order valence-corrected chi connectivity index (χ4v) is 3.07. The van der Waals surface area contributed by atoms with Crippen LogP contribution in [0.1, 0.15) is 24.2 Å². The molecular weight excluding hydrogens is 437 g/mol. The van der Waals surface area contributed by atoms with Gasteiger partial charge in [-0.25, -0.2) is 4.39 Å². The lowest BCUT2D eigenvalue weighted by molar-refractivity contribution is -0.150. The Labute approximate surface area is 188 Å². The minimum atomic E-state index is -1.00. The molecule has 32 heavy (non-hydrogen) atoms. The van der Waals surface area contributed by atoms with Crippen molar-refractivity contribution in [2.24, 2.45) is 5.41 Å². The number of amides is 1. The molecule has 1 aromatic heterocycles. The number of nitrogens with one attached hydrogen (secondary N) is 1. The molecule has 9 heteroatoms. The third-order valence-corrected chi connectivity index (χ3v) is 5.03. The van der Waals surface area contributed by atoms with E-state index in [4.69, 9.17) is 16.3 Å². The standard InChI is InChI=1S/C23H21ClFN3O4/c1-23(2,22(31)32-3)13-26-20(29)18-12-19(14-7-9-15(24)10-8-14)27-28(21(18)30)17-6-4-5-16(25)11-17/h4-12H,13H2,1-3H3,(H,26,29). The highest BCUT2D eigenvalue weighted by molar-refractivity contribution is 6.30. The predicted octanol–water partition coefficient (Wildman–Crippen LogP) is 3.62. The highest BCUT2D eigenvalue weighted by Gasteiger charge is 2.30. The van der Waals surface area contributed by atoms with Crippen molar-refractivity contribution in [3.05, 3.63) is 81.4 Å². The summed E-state index contributed by atoms with van der Waals surface area (Å²) in [5.41, 5.74) is -0.879. The van der Waals surface area contributed by atoms with Gasteiger partial charge in [0.05, 0.1) is 23.9 Å². The van der Waals surface area contributed by atoms with Crippen LogP contribution in [0.5, 0.6) is 0 Å². The summed E-state index contributed by atoms with van der Waals surface area (Å²) in [6, 6.07) is 13.3. The van der Waals surface area contributed by atoms with Crippen molar-refractivity contribution in [3.63, 3.8) is 0 Å². The molecular formula is C23H21ClFN3O4. The molecule has 166 valence electrons. The Morgan fingerprint density at radius 2 is 1.84 bits per heavy atom. The van der Waals surface area contributed by atoms with Crippen molar-refractivity contribution in [1.29, 1.82) is 0 Å². The fraction of sp³-hybridized carbons (Fsp3) is 0.217. The van der Waals surface area contributed by atoms with Crippen LogP contribution in [0, 0.1) is 11.2 Å². The van der Waals surface area contributed by atoms with E-state index < -0.39 is 28.7 Å². The van der Waals surface area contributed by atoms with Gasteiger partial charge < -0.3 is 10.1 Å². The molecule has 3 rings (SSSR count). The van der Waals surface area contributed by atoms with Crippen LogP contribution in [0.4, 0.5) is 4.39 Å². The number of carbonyl (C=O) groups excluding carboxylic acids is 2. The number of rotatable bonds is 6. The minimum absolute atomic E-state index is 0.0590. The van der Waals surface area contributed by atoms with Crippen LogP contribution in [0.3, 0.4) is 0 Å². The number of methoxy groups -OCH3 is 1. The number of hydrogen-bond donors (Lipinski definition) is 1. The Bertz CT molecular complexity index is 1220. The van der Waals surface area contributed by atoms with Gasteiger partial charge in [0.2, 0.25) is 0 Å². The number of hydrogen-bond acceptors (Lipinski definition) is 5. The average Bonchev–Trinajstić information content (AvgIpc) is 2.77. The maximum Gasteiger partial charge on any atom is 0.313 e. The minimum Gasteiger partial charge on any atom is -0.469 e. The number of carbonyl (C=O) groups is 2. The first-order valence-corrected chi connectivity index (χ1v) is 10.0. The zero-order valence-electron chi connectivity index (χ0n) is 17.7. The summed E-state index contributed by atoms with van der Waals surface area (Å²) < 4.78 is 19.5. The SMILES string of the molecule is COC(=O)C(C)(C)CNC(=O)c1cc(-c2ccc(Cl)cc2)nn(-c2cccc(F)c2)c1=O. The monoisotopic (exact) mass is 457 g/mol. The lowest BCUT2D eigenvalue weighted by Gasteiger charge is -2.21. The van der Waals surface area contributed by atoms with Gasteiger partial charge in [0.25, 0.3) is 11.5 Å². The summed E-state index contributed by atoms with van der Waals surface area (Å²) in [6.07, 6.45) is 0. The van der Waals surface area contributed by atoms with Gasteiger partial charge in [0, 0.05) is 17.1 Å². The summed E-state index contributed by atoms with van der Waals surface area (Å²) in [5, 5.41) is 7.42. The van der Waals surface area contributed by atoms with E-state index in [2.05, 4.69) is 10.4 Å². The maximum atomic E-state index is 13.8. The molecule has 0 fully saturated rings. The molecule has 0 atom stereocenters. The molecule has 0 radical (unpaired) electrons. The molecule has 1 amide bonds. The van der Waals surface area contributed by atoms with Gasteiger partial charge >= 0.3 is 5.97 Å². The second-order valence-electron chi connectivity index (χ2n) is 7.71. The second kappa shape index (κ2) is 9.32. The van der Waals surface area contributed by atoms with E-state index in [1.165, 1.54) is 31.4 Å². The smallest absolute Gasteiger partial charge is 0.313 e. The van der Waals surface area contributed by atoms with Crippen LogP contribution in [-0.2, 0) is 9.53 Å². The quantitative estimate of drug-likeness (QED) is 0.571. The van der Waals surface area contributed by atoms with Gasteiger partial charge in [-0.1, -0.05) is 29.8 Å². The number of benzene rings is 2. The number of aromatic nitrogens is 2. The maximum absolute atomic E-state index is 13.8. The third-order valence-electron chi connectivity index (χ3n) is 4.78. The summed E-state index contributed by atoms with van der Waals surface area (Å²) in [7, 11) is 1.25. The highest BCUT2D eigenvalue weighted by atomic mass is 35.5. The predicted molar refractivity (Wildman–Crippen MR) is 118 cm³/mol. The van der Waals surface area contributed by atoms with Crippen molar-refractivity contribution in [2.45, 2.75) is 13.8 Å². The van der Waals surface area contributed by atoms with Crippen LogP contribution >= 0.6 is 11.6 Å². The van der Waals surface area contributed by atoms with Gasteiger partial charge in [0.1, 0.15) is 11.4 Å². The first kappa shape index (κ1) is 23.1. The lowest BCUT2D eigenvalue weighted by Crippen LogP contribution is -2.41. The van der Waals surface area contributed by atoms with Crippen LogP contribution in [0.15, 0.2) is 59.4 Å². The van der Waals surface area contributed by atoms with E-state index in [1.54, 1.807) is 38.1 Å². The molecule has 1 N–H and O–H groups in total. The largest absolute Gasteiger partial charge is 0.469 e. The van der Waals surface area contributed by atoms with Gasteiger partial charge in [-0.2, -0.15) is 9.78 Å². The molecule has 7 nitrogen and oxygen atoms in total. The van der Waals surface area contributed by atoms with Crippen LogP contribution < -0.4 is 10.9 Å². The lowest BCUT2D eigenvalue weighted by atomic mass is 9.93. The molecule has 0 aliphatic rings. The molecule has 0 saturated heterocycles. The zero-order chi connectivity index (χ0) is 23.5. The number of nitrogens with zero attached hydrogens (tertiary/aromatic N) is 2. The molecule has 0 bridgehead atoms. The molecule has 0 aliphatic heterocycles. The molecule has 1 heterocycles. The topological polar surface area (TPSA) is 90.3 Å². The van der Waals surface area contributed by atoms with Crippen LogP contribution in [0.25, 0.3) is 16.9 Å². The third kappa shape index (κ3) is 5.03. The molecule has 0 aliphatic carbocycles. The van der Waals surface area contributed by atoms with Crippen molar-refractivity contribution < 1.29 is 18.7 Å². The Balaban J connectivity index is 2.08. The molecule has 0 unspecified atom stereocenters.